The number of thiazole rings is 1. The van der Waals surface area contributed by atoms with E-state index in [9.17, 15) is 0 Å². The second kappa shape index (κ2) is 7.17. The Morgan fingerprint density at radius 1 is 1.32 bits per heavy atom. The molecule has 0 aliphatic rings. The number of aromatic nitrogens is 1. The fourth-order valence-electron chi connectivity index (χ4n) is 1.99. The summed E-state index contributed by atoms with van der Waals surface area (Å²) in [5.41, 5.74) is 2.44. The molecule has 2 rings (SSSR count). The molecule has 19 heavy (non-hydrogen) atoms. The highest BCUT2D eigenvalue weighted by atomic mass is 79.9. The predicted molar refractivity (Wildman–Crippen MR) is 85.7 cm³/mol. The van der Waals surface area contributed by atoms with E-state index in [0.29, 0.717) is 6.04 Å². The molecule has 1 atom stereocenters. The highest BCUT2D eigenvalue weighted by molar-refractivity contribution is 9.10. The van der Waals surface area contributed by atoms with E-state index in [0.717, 1.165) is 29.6 Å². The van der Waals surface area contributed by atoms with Gasteiger partial charge in [0, 0.05) is 28.0 Å². The van der Waals surface area contributed by atoms with Crippen LogP contribution in [0.25, 0.3) is 0 Å². The van der Waals surface area contributed by atoms with Gasteiger partial charge in [0.25, 0.3) is 0 Å². The van der Waals surface area contributed by atoms with Gasteiger partial charge in [-0.15, -0.1) is 11.3 Å². The average Bonchev–Trinajstić information content (AvgIpc) is 2.81. The van der Waals surface area contributed by atoms with Crippen LogP contribution in [0.5, 0.6) is 0 Å². The molecular weight excluding hydrogens is 320 g/mol. The highest BCUT2D eigenvalue weighted by Crippen LogP contribution is 2.22. The first-order valence-corrected chi connectivity index (χ1v) is 8.26. The Hall–Kier alpha value is -0.710. The van der Waals surface area contributed by atoms with Crippen LogP contribution in [-0.2, 0) is 6.42 Å². The molecule has 102 valence electrons. The molecule has 2 nitrogen and oxygen atoms in total. The van der Waals surface area contributed by atoms with Gasteiger partial charge >= 0.3 is 0 Å². The van der Waals surface area contributed by atoms with Crippen LogP contribution in [0.15, 0.2) is 34.1 Å². The van der Waals surface area contributed by atoms with Gasteiger partial charge in [-0.05, 0) is 37.6 Å². The number of nitrogens with zero attached hydrogens (tertiary/aromatic N) is 1. The zero-order valence-electron chi connectivity index (χ0n) is 11.3. The summed E-state index contributed by atoms with van der Waals surface area (Å²) in [7, 11) is 0. The van der Waals surface area contributed by atoms with Crippen LogP contribution in [0.3, 0.4) is 0 Å². The molecule has 0 aliphatic carbocycles. The van der Waals surface area contributed by atoms with E-state index in [1.54, 1.807) is 11.3 Å². The monoisotopic (exact) mass is 338 g/mol. The third kappa shape index (κ3) is 4.41. The Morgan fingerprint density at radius 3 is 2.63 bits per heavy atom. The fourth-order valence-corrected chi connectivity index (χ4v) is 3.08. The number of halogens is 1. The van der Waals surface area contributed by atoms with Crippen molar-refractivity contribution in [3.05, 3.63) is 50.4 Å². The van der Waals surface area contributed by atoms with Crippen LogP contribution in [0.4, 0.5) is 0 Å². The zero-order chi connectivity index (χ0) is 13.7. The van der Waals surface area contributed by atoms with Gasteiger partial charge in [0.05, 0.1) is 5.01 Å². The van der Waals surface area contributed by atoms with Gasteiger partial charge in [-0.3, -0.25) is 0 Å². The lowest BCUT2D eigenvalue weighted by molar-refractivity contribution is 0.528. The number of nitrogens with one attached hydrogen (secondary N) is 1. The highest BCUT2D eigenvalue weighted by Gasteiger charge is 2.13. The summed E-state index contributed by atoms with van der Waals surface area (Å²) in [5.74, 6) is 0. The van der Waals surface area contributed by atoms with E-state index < -0.39 is 0 Å². The lowest BCUT2D eigenvalue weighted by Gasteiger charge is -2.18. The van der Waals surface area contributed by atoms with E-state index in [4.69, 9.17) is 0 Å². The Bertz CT molecular complexity index is 507. The van der Waals surface area contributed by atoms with Gasteiger partial charge in [0.2, 0.25) is 0 Å². The van der Waals surface area contributed by atoms with E-state index >= 15 is 0 Å². The van der Waals surface area contributed by atoms with Crippen molar-refractivity contribution >= 4 is 27.3 Å². The first kappa shape index (κ1) is 14.7. The molecule has 0 amide bonds. The quantitative estimate of drug-likeness (QED) is 0.838. The van der Waals surface area contributed by atoms with E-state index in [1.165, 1.54) is 10.6 Å². The maximum atomic E-state index is 4.57. The number of hydrogen-bond acceptors (Lipinski definition) is 3. The van der Waals surface area contributed by atoms with Gasteiger partial charge in [0.15, 0.2) is 0 Å². The van der Waals surface area contributed by atoms with Gasteiger partial charge in [-0.1, -0.05) is 35.0 Å². The largest absolute Gasteiger partial charge is 0.310 e. The Labute approximate surface area is 127 Å². The van der Waals surface area contributed by atoms with Gasteiger partial charge in [-0.2, -0.15) is 0 Å². The van der Waals surface area contributed by atoms with Crippen molar-refractivity contribution in [2.24, 2.45) is 0 Å². The zero-order valence-corrected chi connectivity index (χ0v) is 13.7. The Kier molecular flexibility index (Phi) is 5.55. The van der Waals surface area contributed by atoms with E-state index in [2.05, 4.69) is 62.8 Å². The summed E-state index contributed by atoms with van der Waals surface area (Å²) >= 11 is 5.24. The first-order valence-electron chi connectivity index (χ1n) is 6.59. The SMILES string of the molecule is CCCNC(Cc1nc(C)cs1)c1ccc(Br)cc1. The molecule has 0 radical (unpaired) electrons. The molecule has 0 bridgehead atoms. The molecule has 1 aromatic heterocycles. The third-order valence-corrected chi connectivity index (χ3v) is 4.48. The van der Waals surface area contributed by atoms with Gasteiger partial charge < -0.3 is 5.32 Å². The van der Waals surface area contributed by atoms with Crippen molar-refractivity contribution in [3.8, 4) is 0 Å². The predicted octanol–water partition coefficient (Wildman–Crippen LogP) is 4.50. The average molecular weight is 339 g/mol. The van der Waals surface area contributed by atoms with Crippen LogP contribution in [0.1, 0.15) is 35.7 Å². The van der Waals surface area contributed by atoms with Crippen LogP contribution in [0, 0.1) is 6.92 Å². The van der Waals surface area contributed by atoms with E-state index in [-0.39, 0.29) is 0 Å². The van der Waals surface area contributed by atoms with E-state index in [1.807, 2.05) is 6.92 Å². The molecule has 0 saturated heterocycles. The summed E-state index contributed by atoms with van der Waals surface area (Å²) in [4.78, 5) is 4.57. The number of benzene rings is 1. The summed E-state index contributed by atoms with van der Waals surface area (Å²) < 4.78 is 1.12. The topological polar surface area (TPSA) is 24.9 Å². The lowest BCUT2D eigenvalue weighted by atomic mass is 10.0. The van der Waals surface area contributed by atoms with Crippen molar-refractivity contribution in [2.45, 2.75) is 32.7 Å². The summed E-state index contributed by atoms with van der Waals surface area (Å²) in [6.07, 6.45) is 2.10. The lowest BCUT2D eigenvalue weighted by Crippen LogP contribution is -2.24. The Balaban J connectivity index is 2.13. The minimum atomic E-state index is 0.346. The summed E-state index contributed by atoms with van der Waals surface area (Å²) in [6.45, 7) is 5.28. The molecular formula is C15H19BrN2S. The molecule has 4 heteroatoms. The van der Waals surface area contributed by atoms with Crippen LogP contribution in [0.2, 0.25) is 0 Å². The van der Waals surface area contributed by atoms with Crippen molar-refractivity contribution in [1.82, 2.24) is 10.3 Å². The van der Waals surface area contributed by atoms with Crippen LogP contribution < -0.4 is 5.32 Å². The molecule has 0 aliphatic heterocycles. The van der Waals surface area contributed by atoms with Crippen molar-refractivity contribution in [1.29, 1.82) is 0 Å². The maximum absolute atomic E-state index is 4.57. The van der Waals surface area contributed by atoms with Crippen LogP contribution >= 0.6 is 27.3 Å². The maximum Gasteiger partial charge on any atom is 0.0947 e. The Morgan fingerprint density at radius 2 is 2.05 bits per heavy atom. The van der Waals surface area contributed by atoms with Gasteiger partial charge in [-0.25, -0.2) is 4.98 Å². The number of rotatable bonds is 6. The number of hydrogen-bond donors (Lipinski definition) is 1. The number of aryl methyl sites for hydroxylation is 1. The molecule has 0 saturated carbocycles. The van der Waals surface area contributed by atoms with Crippen molar-refractivity contribution in [3.63, 3.8) is 0 Å². The minimum Gasteiger partial charge on any atom is -0.310 e. The molecule has 0 spiro atoms. The molecule has 1 aromatic carbocycles. The second-order valence-corrected chi connectivity index (χ2v) is 6.50. The standard InChI is InChI=1S/C15H19BrN2S/c1-3-8-17-14(9-15-18-11(2)10-19-15)12-4-6-13(16)7-5-12/h4-7,10,14,17H,3,8-9H2,1-2H3. The van der Waals surface area contributed by atoms with Crippen molar-refractivity contribution in [2.75, 3.05) is 6.54 Å². The third-order valence-electron chi connectivity index (χ3n) is 2.96. The summed E-state index contributed by atoms with van der Waals surface area (Å²) in [6, 6.07) is 8.90. The van der Waals surface area contributed by atoms with Crippen molar-refractivity contribution < 1.29 is 0 Å². The molecule has 1 N–H and O–H groups in total. The fraction of sp³-hybridized carbons (Fsp3) is 0.400. The smallest absolute Gasteiger partial charge is 0.0947 e. The molecule has 1 heterocycles. The second-order valence-electron chi connectivity index (χ2n) is 4.65. The first-order chi connectivity index (χ1) is 9.19. The normalized spacial score (nSPS) is 12.6. The molecule has 0 fully saturated rings. The molecule has 2 aromatic rings. The van der Waals surface area contributed by atoms with Gasteiger partial charge in [0.1, 0.15) is 0 Å². The molecule has 1 unspecified atom stereocenters. The minimum absolute atomic E-state index is 0.346. The van der Waals surface area contributed by atoms with Crippen LogP contribution in [-0.4, -0.2) is 11.5 Å². The summed E-state index contributed by atoms with van der Waals surface area (Å²) in [5, 5.41) is 6.94.